The Balaban J connectivity index is 2.11. The predicted octanol–water partition coefficient (Wildman–Crippen LogP) is 2.83. The molecule has 0 unspecified atom stereocenters. The molecule has 4 nitrogen and oxygen atoms in total. The largest absolute Gasteiger partial charge is 0.497 e. The first kappa shape index (κ1) is 14.7. The third-order valence-corrected chi connectivity index (χ3v) is 4.15. The SMILES string of the molecule is COc1ccc(-c2cccc3c2O[C@@H](CN)CN3C)c(C)c1. The summed E-state index contributed by atoms with van der Waals surface area (Å²) < 4.78 is 11.4. The zero-order valence-electron chi connectivity index (χ0n) is 13.3. The molecule has 22 heavy (non-hydrogen) atoms. The van der Waals surface area contributed by atoms with Crippen molar-refractivity contribution in [3.8, 4) is 22.6 Å². The average Bonchev–Trinajstić information content (AvgIpc) is 2.54. The number of fused-ring (bicyclic) bond motifs is 1. The summed E-state index contributed by atoms with van der Waals surface area (Å²) in [4.78, 5) is 2.21. The van der Waals surface area contributed by atoms with Gasteiger partial charge in [-0.1, -0.05) is 18.2 Å². The summed E-state index contributed by atoms with van der Waals surface area (Å²) in [6, 6.07) is 12.4. The quantitative estimate of drug-likeness (QED) is 0.946. The van der Waals surface area contributed by atoms with Crippen LogP contribution in [0.25, 0.3) is 11.1 Å². The van der Waals surface area contributed by atoms with E-state index in [1.165, 1.54) is 0 Å². The van der Waals surface area contributed by atoms with E-state index in [1.54, 1.807) is 7.11 Å². The van der Waals surface area contributed by atoms with Crippen LogP contribution in [0.3, 0.4) is 0 Å². The first-order valence-corrected chi connectivity index (χ1v) is 7.50. The lowest BCUT2D eigenvalue weighted by Crippen LogP contribution is -2.42. The molecule has 1 aliphatic rings. The van der Waals surface area contributed by atoms with Crippen LogP contribution in [0, 0.1) is 6.92 Å². The summed E-state index contributed by atoms with van der Waals surface area (Å²) in [5, 5.41) is 0. The molecule has 1 heterocycles. The van der Waals surface area contributed by atoms with Gasteiger partial charge >= 0.3 is 0 Å². The number of hydrogen-bond acceptors (Lipinski definition) is 4. The van der Waals surface area contributed by atoms with Crippen LogP contribution in [0.4, 0.5) is 5.69 Å². The molecule has 0 saturated heterocycles. The van der Waals surface area contributed by atoms with Gasteiger partial charge in [-0.05, 0) is 36.2 Å². The van der Waals surface area contributed by atoms with Gasteiger partial charge in [-0.2, -0.15) is 0 Å². The maximum atomic E-state index is 6.15. The number of aryl methyl sites for hydroxylation is 1. The fourth-order valence-corrected chi connectivity index (χ4v) is 2.96. The molecule has 0 bridgehead atoms. The topological polar surface area (TPSA) is 47.7 Å². The van der Waals surface area contributed by atoms with Gasteiger partial charge in [0, 0.05) is 19.2 Å². The number of para-hydroxylation sites is 1. The van der Waals surface area contributed by atoms with Crippen molar-refractivity contribution >= 4 is 5.69 Å². The molecule has 0 radical (unpaired) electrons. The van der Waals surface area contributed by atoms with Crippen LogP contribution < -0.4 is 20.1 Å². The Morgan fingerprint density at radius 2 is 2.09 bits per heavy atom. The molecule has 2 N–H and O–H groups in total. The number of nitrogens with zero attached hydrogens (tertiary/aromatic N) is 1. The maximum Gasteiger partial charge on any atom is 0.151 e. The first-order valence-electron chi connectivity index (χ1n) is 7.50. The Labute approximate surface area is 131 Å². The maximum absolute atomic E-state index is 6.15. The highest BCUT2D eigenvalue weighted by molar-refractivity contribution is 5.81. The van der Waals surface area contributed by atoms with Gasteiger partial charge in [0.15, 0.2) is 5.75 Å². The first-order chi connectivity index (χ1) is 10.6. The number of ether oxygens (including phenoxy) is 2. The summed E-state index contributed by atoms with van der Waals surface area (Å²) in [6.07, 6.45) is 0.0252. The van der Waals surface area contributed by atoms with Crippen LogP contribution in [0.2, 0.25) is 0 Å². The van der Waals surface area contributed by atoms with E-state index >= 15 is 0 Å². The second kappa shape index (κ2) is 5.89. The van der Waals surface area contributed by atoms with E-state index < -0.39 is 0 Å². The highest BCUT2D eigenvalue weighted by Crippen LogP contribution is 2.42. The van der Waals surface area contributed by atoms with Crippen molar-refractivity contribution in [3.05, 3.63) is 42.0 Å². The van der Waals surface area contributed by atoms with Crippen molar-refractivity contribution in [1.82, 2.24) is 0 Å². The van der Waals surface area contributed by atoms with Gasteiger partial charge in [0.1, 0.15) is 11.9 Å². The van der Waals surface area contributed by atoms with Crippen LogP contribution >= 0.6 is 0 Å². The summed E-state index contributed by atoms with van der Waals surface area (Å²) in [7, 11) is 3.76. The Kier molecular flexibility index (Phi) is 3.94. The molecule has 0 aromatic heterocycles. The molecule has 0 fully saturated rings. The van der Waals surface area contributed by atoms with Crippen molar-refractivity contribution in [1.29, 1.82) is 0 Å². The number of benzene rings is 2. The van der Waals surface area contributed by atoms with Crippen molar-refractivity contribution in [2.24, 2.45) is 5.73 Å². The lowest BCUT2D eigenvalue weighted by Gasteiger charge is -2.34. The van der Waals surface area contributed by atoms with Crippen molar-refractivity contribution in [3.63, 3.8) is 0 Å². The zero-order chi connectivity index (χ0) is 15.7. The lowest BCUT2D eigenvalue weighted by molar-refractivity contribution is 0.205. The number of methoxy groups -OCH3 is 1. The van der Waals surface area contributed by atoms with E-state index in [0.717, 1.165) is 40.4 Å². The second-order valence-corrected chi connectivity index (χ2v) is 5.69. The lowest BCUT2D eigenvalue weighted by atomic mass is 9.97. The summed E-state index contributed by atoms with van der Waals surface area (Å²) in [5.41, 5.74) is 10.3. The third-order valence-electron chi connectivity index (χ3n) is 4.15. The zero-order valence-corrected chi connectivity index (χ0v) is 13.3. The Morgan fingerprint density at radius 3 is 2.77 bits per heavy atom. The molecule has 0 spiro atoms. The molecule has 1 atom stereocenters. The molecule has 0 amide bonds. The van der Waals surface area contributed by atoms with E-state index in [0.29, 0.717) is 6.54 Å². The number of nitrogens with two attached hydrogens (primary N) is 1. The highest BCUT2D eigenvalue weighted by atomic mass is 16.5. The number of anilines is 1. The van der Waals surface area contributed by atoms with Crippen LogP contribution in [-0.4, -0.2) is 33.4 Å². The Hall–Kier alpha value is -2.20. The van der Waals surface area contributed by atoms with Gasteiger partial charge in [0.25, 0.3) is 0 Å². The highest BCUT2D eigenvalue weighted by Gasteiger charge is 2.25. The average molecular weight is 298 g/mol. The Morgan fingerprint density at radius 1 is 1.27 bits per heavy atom. The second-order valence-electron chi connectivity index (χ2n) is 5.69. The molecule has 2 aromatic carbocycles. The third kappa shape index (κ3) is 2.50. The van der Waals surface area contributed by atoms with Crippen molar-refractivity contribution in [2.75, 3.05) is 32.1 Å². The Bertz CT molecular complexity index is 685. The molecule has 2 aromatic rings. The normalized spacial score (nSPS) is 16.9. The van der Waals surface area contributed by atoms with E-state index in [9.17, 15) is 0 Å². The van der Waals surface area contributed by atoms with E-state index in [2.05, 4.69) is 43.1 Å². The fraction of sp³-hybridized carbons (Fsp3) is 0.333. The van der Waals surface area contributed by atoms with E-state index in [-0.39, 0.29) is 6.10 Å². The van der Waals surface area contributed by atoms with E-state index in [1.807, 2.05) is 12.1 Å². The molecular formula is C18H22N2O2. The minimum atomic E-state index is 0.0252. The summed E-state index contributed by atoms with van der Waals surface area (Å²) in [6.45, 7) is 3.42. The number of rotatable bonds is 3. The van der Waals surface area contributed by atoms with Gasteiger partial charge in [0.05, 0.1) is 19.3 Å². The van der Waals surface area contributed by atoms with Crippen LogP contribution in [0.1, 0.15) is 5.56 Å². The standard InChI is InChI=1S/C18H22N2O2/c1-12-9-13(21-3)7-8-15(12)16-5-4-6-17-18(16)22-14(10-19)11-20(17)2/h4-9,14H,10-11,19H2,1-3H3/t14-/m0/s1. The van der Waals surface area contributed by atoms with Crippen molar-refractivity contribution < 1.29 is 9.47 Å². The molecule has 4 heteroatoms. The minimum Gasteiger partial charge on any atom is -0.497 e. The molecule has 116 valence electrons. The molecule has 1 aliphatic heterocycles. The molecular weight excluding hydrogens is 276 g/mol. The predicted molar refractivity (Wildman–Crippen MR) is 89.9 cm³/mol. The molecule has 3 rings (SSSR count). The van der Waals surface area contributed by atoms with Gasteiger partial charge in [-0.25, -0.2) is 0 Å². The molecule has 0 saturated carbocycles. The van der Waals surface area contributed by atoms with Crippen LogP contribution in [0.15, 0.2) is 36.4 Å². The van der Waals surface area contributed by atoms with Crippen molar-refractivity contribution in [2.45, 2.75) is 13.0 Å². The van der Waals surface area contributed by atoms with Crippen LogP contribution in [-0.2, 0) is 0 Å². The van der Waals surface area contributed by atoms with Gasteiger partial charge in [-0.15, -0.1) is 0 Å². The van der Waals surface area contributed by atoms with E-state index in [4.69, 9.17) is 15.2 Å². The van der Waals surface area contributed by atoms with Gasteiger partial charge in [-0.3, -0.25) is 0 Å². The fourth-order valence-electron chi connectivity index (χ4n) is 2.96. The summed E-state index contributed by atoms with van der Waals surface area (Å²) >= 11 is 0. The monoisotopic (exact) mass is 298 g/mol. The summed E-state index contributed by atoms with van der Waals surface area (Å²) in [5.74, 6) is 1.78. The number of likely N-dealkylation sites (N-methyl/N-ethyl adjacent to an activating group) is 1. The van der Waals surface area contributed by atoms with Crippen LogP contribution in [0.5, 0.6) is 11.5 Å². The minimum absolute atomic E-state index is 0.0252. The number of hydrogen-bond donors (Lipinski definition) is 1. The smallest absolute Gasteiger partial charge is 0.151 e. The van der Waals surface area contributed by atoms with Gasteiger partial charge in [0.2, 0.25) is 0 Å². The van der Waals surface area contributed by atoms with Gasteiger partial charge < -0.3 is 20.1 Å². The molecule has 0 aliphatic carbocycles.